The number of aromatic amines is 3. The van der Waals surface area contributed by atoms with E-state index in [2.05, 4.69) is 46.9 Å². The minimum absolute atomic E-state index is 0.132. The number of H-pyrrole nitrogens is 3. The molecule has 0 aliphatic heterocycles. The van der Waals surface area contributed by atoms with E-state index in [9.17, 15) is 19.2 Å². The molecule has 17 N–H and O–H groups in total. The van der Waals surface area contributed by atoms with E-state index in [1.165, 1.54) is 0 Å². The van der Waals surface area contributed by atoms with Crippen LogP contribution < -0.4 is 54.8 Å². The van der Waals surface area contributed by atoms with E-state index in [-0.39, 0.29) is 35.7 Å². The molecule has 0 spiro atoms. The number of rotatable bonds is 18. The monoisotopic (exact) mass is 749 g/mol. The summed E-state index contributed by atoms with van der Waals surface area (Å²) in [5.41, 5.74) is 27.2. The molecule has 0 aliphatic rings. The van der Waals surface area contributed by atoms with Crippen molar-refractivity contribution in [1.29, 1.82) is 0 Å². The molecular formula is C38H47N13O4. The van der Waals surface area contributed by atoms with E-state index in [4.69, 9.17) is 22.9 Å². The molecule has 6 aromatic rings. The molecule has 4 amide bonds. The highest BCUT2D eigenvalue weighted by molar-refractivity contribution is 6.10. The largest absolute Gasteiger partial charge is 0.351 e. The van der Waals surface area contributed by atoms with Crippen molar-refractivity contribution < 1.29 is 19.2 Å². The highest BCUT2D eigenvalue weighted by Crippen LogP contribution is 2.24. The van der Waals surface area contributed by atoms with E-state index in [0.717, 1.165) is 10.8 Å². The fourth-order valence-electron chi connectivity index (χ4n) is 5.91. The van der Waals surface area contributed by atoms with Crippen LogP contribution in [0.4, 0.5) is 11.4 Å². The van der Waals surface area contributed by atoms with Crippen molar-refractivity contribution in [3.05, 3.63) is 95.4 Å². The molecule has 0 saturated heterocycles. The molecule has 17 nitrogen and oxygen atoms in total. The van der Waals surface area contributed by atoms with Crippen LogP contribution in [0.1, 0.15) is 41.8 Å². The lowest BCUT2D eigenvalue weighted by Crippen LogP contribution is -2.42. The van der Waals surface area contributed by atoms with Gasteiger partial charge in [-0.2, -0.15) is 0 Å². The number of amides is 4. The summed E-state index contributed by atoms with van der Waals surface area (Å²) in [6.45, 7) is 3.86. The maximum Gasteiger partial charge on any atom is 0.272 e. The minimum atomic E-state index is -0.371. The standard InChI is InChI=1S/C38H47N13O4/c39-17-25(41)19-43-7-9-45-36(53)32-12-21-1-4-27(15-30(21)50-32)47-35(52)23-3-6-29-24(11-23)14-34(49-29)38(55)48-28-5-2-22-13-33(51-31(22)16-28)37(54)46-10-8-44-20-26(42)18-40/h1-6,11-16,25-26,43-44,49-51H,7-10,17-20,39-42H2,(H,45,53)(H,46,54)(H,47,52)(H,48,55). The van der Waals surface area contributed by atoms with Gasteiger partial charge in [0.15, 0.2) is 0 Å². The molecule has 6 rings (SSSR count). The van der Waals surface area contributed by atoms with Gasteiger partial charge < -0.3 is 69.8 Å². The Morgan fingerprint density at radius 3 is 1.51 bits per heavy atom. The van der Waals surface area contributed by atoms with E-state index < -0.39 is 0 Å². The zero-order valence-electron chi connectivity index (χ0n) is 30.2. The van der Waals surface area contributed by atoms with Gasteiger partial charge in [0.2, 0.25) is 0 Å². The molecule has 0 radical (unpaired) electrons. The number of anilines is 2. The Morgan fingerprint density at radius 2 is 0.982 bits per heavy atom. The van der Waals surface area contributed by atoms with Gasteiger partial charge in [-0.3, -0.25) is 19.2 Å². The van der Waals surface area contributed by atoms with Gasteiger partial charge in [0.25, 0.3) is 23.6 Å². The molecule has 17 heteroatoms. The number of aromatic nitrogens is 3. The molecule has 3 heterocycles. The SMILES string of the molecule is NCC(N)CNCCNC(=O)c1cc2ccc(NC(=O)c3ccc4[nH]c(C(=O)Nc5ccc6cc(C(=O)NCCNCC(N)CN)[nH]c6c5)cc4c3)cc2[nH]1. The third-order valence-corrected chi connectivity index (χ3v) is 8.97. The van der Waals surface area contributed by atoms with Crippen molar-refractivity contribution in [2.45, 2.75) is 12.1 Å². The van der Waals surface area contributed by atoms with E-state index in [1.807, 2.05) is 12.1 Å². The molecule has 2 unspecified atom stereocenters. The van der Waals surface area contributed by atoms with Crippen LogP contribution in [0.15, 0.2) is 72.8 Å². The van der Waals surface area contributed by atoms with Crippen molar-refractivity contribution in [3.63, 3.8) is 0 Å². The minimum Gasteiger partial charge on any atom is -0.351 e. The number of fused-ring (bicyclic) bond motifs is 3. The molecule has 55 heavy (non-hydrogen) atoms. The molecule has 0 fully saturated rings. The first kappa shape index (κ1) is 38.6. The lowest BCUT2D eigenvalue weighted by Gasteiger charge is -2.10. The van der Waals surface area contributed by atoms with Crippen molar-refractivity contribution in [2.75, 3.05) is 63.0 Å². The second-order valence-electron chi connectivity index (χ2n) is 13.3. The second-order valence-corrected chi connectivity index (χ2v) is 13.3. The first-order chi connectivity index (χ1) is 26.6. The molecule has 0 bridgehead atoms. The van der Waals surface area contributed by atoms with Gasteiger partial charge >= 0.3 is 0 Å². The Hall–Kier alpha value is -6.08. The summed E-state index contributed by atoms with van der Waals surface area (Å²) in [5, 5.41) is 20.1. The number of hydrogen-bond acceptors (Lipinski definition) is 10. The van der Waals surface area contributed by atoms with Crippen molar-refractivity contribution >= 4 is 67.7 Å². The van der Waals surface area contributed by atoms with Gasteiger partial charge in [0.1, 0.15) is 17.1 Å². The van der Waals surface area contributed by atoms with E-state index in [0.29, 0.717) is 108 Å². The quantitative estimate of drug-likeness (QED) is 0.0550. The van der Waals surface area contributed by atoms with Crippen LogP contribution in [-0.2, 0) is 0 Å². The number of benzene rings is 3. The Bertz CT molecular complexity index is 2190. The van der Waals surface area contributed by atoms with E-state index in [1.54, 1.807) is 60.7 Å². The van der Waals surface area contributed by atoms with Gasteiger partial charge in [-0.25, -0.2) is 0 Å². The maximum atomic E-state index is 13.2. The van der Waals surface area contributed by atoms with Gasteiger partial charge in [0.05, 0.1) is 0 Å². The summed E-state index contributed by atoms with van der Waals surface area (Å²) in [6, 6.07) is 20.7. The van der Waals surface area contributed by atoms with Crippen molar-refractivity contribution in [2.24, 2.45) is 22.9 Å². The average molecular weight is 750 g/mol. The molecule has 0 aliphatic carbocycles. The molecular weight excluding hydrogens is 703 g/mol. The average Bonchev–Trinajstić information content (AvgIpc) is 3.93. The lowest BCUT2D eigenvalue weighted by molar-refractivity contribution is 0.0941. The molecule has 3 aromatic heterocycles. The highest BCUT2D eigenvalue weighted by atomic mass is 16.2. The zero-order chi connectivity index (χ0) is 38.9. The van der Waals surface area contributed by atoms with Crippen LogP contribution in [0, 0.1) is 0 Å². The van der Waals surface area contributed by atoms with Crippen molar-refractivity contribution in [3.8, 4) is 0 Å². The molecule has 2 atom stereocenters. The zero-order valence-corrected chi connectivity index (χ0v) is 30.2. The lowest BCUT2D eigenvalue weighted by atomic mass is 10.1. The topological polar surface area (TPSA) is 292 Å². The van der Waals surface area contributed by atoms with Crippen LogP contribution in [0.5, 0.6) is 0 Å². The third-order valence-electron chi connectivity index (χ3n) is 8.97. The fraction of sp³-hybridized carbons (Fsp3) is 0.263. The summed E-state index contributed by atoms with van der Waals surface area (Å²) < 4.78 is 0. The van der Waals surface area contributed by atoms with Crippen LogP contribution in [0.2, 0.25) is 0 Å². The van der Waals surface area contributed by atoms with Crippen LogP contribution in [-0.4, -0.2) is 103 Å². The second kappa shape index (κ2) is 17.8. The fourth-order valence-corrected chi connectivity index (χ4v) is 5.91. The van der Waals surface area contributed by atoms with Crippen LogP contribution in [0.3, 0.4) is 0 Å². The third kappa shape index (κ3) is 9.92. The predicted octanol–water partition coefficient (Wildman–Crippen LogP) is 0.846. The van der Waals surface area contributed by atoms with Crippen molar-refractivity contribution in [1.82, 2.24) is 36.2 Å². The number of hydrogen-bond donors (Lipinski definition) is 13. The molecule has 0 saturated carbocycles. The number of nitrogens with two attached hydrogens (primary N) is 4. The number of carbonyl (C=O) groups is 4. The van der Waals surface area contributed by atoms with Gasteiger partial charge in [-0.15, -0.1) is 0 Å². The van der Waals surface area contributed by atoms with Gasteiger partial charge in [-0.1, -0.05) is 12.1 Å². The highest BCUT2D eigenvalue weighted by Gasteiger charge is 2.16. The normalized spacial score (nSPS) is 12.5. The number of nitrogens with one attached hydrogen (secondary N) is 9. The Kier molecular flexibility index (Phi) is 12.5. The van der Waals surface area contributed by atoms with Gasteiger partial charge in [-0.05, 0) is 60.7 Å². The first-order valence-electron chi connectivity index (χ1n) is 18.0. The smallest absolute Gasteiger partial charge is 0.272 e. The summed E-state index contributed by atoms with van der Waals surface area (Å²) in [7, 11) is 0. The maximum absolute atomic E-state index is 13.2. The van der Waals surface area contributed by atoms with Crippen LogP contribution in [0.25, 0.3) is 32.7 Å². The van der Waals surface area contributed by atoms with Crippen LogP contribution >= 0.6 is 0 Å². The predicted molar refractivity (Wildman–Crippen MR) is 215 cm³/mol. The summed E-state index contributed by atoms with van der Waals surface area (Å²) in [4.78, 5) is 61.1. The summed E-state index contributed by atoms with van der Waals surface area (Å²) >= 11 is 0. The molecule has 3 aromatic carbocycles. The first-order valence-corrected chi connectivity index (χ1v) is 18.0. The van der Waals surface area contributed by atoms with Gasteiger partial charge in [0, 0.05) is 114 Å². The molecule has 288 valence electrons. The Morgan fingerprint density at radius 1 is 0.509 bits per heavy atom. The Balaban J connectivity index is 1.03. The van der Waals surface area contributed by atoms with E-state index >= 15 is 0 Å². The number of carbonyl (C=O) groups excluding carboxylic acids is 4. The Labute approximate surface area is 316 Å². The summed E-state index contributed by atoms with van der Waals surface area (Å²) in [6.07, 6.45) is 0. The summed E-state index contributed by atoms with van der Waals surface area (Å²) in [5.74, 6) is -1.21.